The van der Waals surface area contributed by atoms with Crippen LogP contribution in [0.15, 0.2) is 72.2 Å². The normalized spacial score (nSPS) is 14.7. The van der Waals surface area contributed by atoms with Gasteiger partial charge in [-0.05, 0) is 48.9 Å². The van der Waals surface area contributed by atoms with Gasteiger partial charge in [0.1, 0.15) is 17.1 Å². The number of aromatic hydroxyl groups is 1. The monoisotopic (exact) mass is 467 g/mol. The number of fused-ring (bicyclic) bond motifs is 3. The number of carbonyl (C=O) groups excluding carboxylic acids is 1. The summed E-state index contributed by atoms with van der Waals surface area (Å²) in [5.41, 5.74) is 5.46. The van der Waals surface area contributed by atoms with Gasteiger partial charge in [-0.25, -0.2) is 4.98 Å². The number of hydrogen-bond donors (Lipinski definition) is 2. The molecule has 2 aliphatic rings. The summed E-state index contributed by atoms with van der Waals surface area (Å²) in [7, 11) is 1.77. The first-order valence-electron chi connectivity index (χ1n) is 11.5. The third-order valence-corrected chi connectivity index (χ3v) is 6.61. The molecule has 9 heteroatoms. The molecule has 0 saturated heterocycles. The van der Waals surface area contributed by atoms with Gasteiger partial charge in [-0.3, -0.25) is 14.7 Å². The van der Waals surface area contributed by atoms with Crippen molar-refractivity contribution in [2.45, 2.75) is 13.5 Å². The summed E-state index contributed by atoms with van der Waals surface area (Å²) in [6, 6.07) is 15.2. The third-order valence-electron chi connectivity index (χ3n) is 6.61. The highest BCUT2D eigenvalue weighted by Gasteiger charge is 2.40. The van der Waals surface area contributed by atoms with Crippen molar-refractivity contribution in [2.24, 2.45) is 4.99 Å². The van der Waals surface area contributed by atoms with E-state index >= 15 is 0 Å². The lowest BCUT2D eigenvalue weighted by Crippen LogP contribution is -2.47. The Balaban J connectivity index is 1.45. The van der Waals surface area contributed by atoms with Gasteiger partial charge in [0.05, 0.1) is 18.6 Å². The molecule has 35 heavy (non-hydrogen) atoms. The van der Waals surface area contributed by atoms with Gasteiger partial charge < -0.3 is 24.5 Å². The first-order valence-corrected chi connectivity index (χ1v) is 11.5. The Hall–Kier alpha value is -4.53. The van der Waals surface area contributed by atoms with Crippen LogP contribution in [-0.2, 0) is 6.54 Å². The zero-order valence-electron chi connectivity index (χ0n) is 19.5. The van der Waals surface area contributed by atoms with Crippen LogP contribution in [0.25, 0.3) is 5.69 Å². The van der Waals surface area contributed by atoms with Gasteiger partial charge in [0, 0.05) is 49.6 Å². The molecule has 4 heterocycles. The largest absolute Gasteiger partial charge is 0.508 e. The number of hydrogen-bond acceptors (Lipinski definition) is 6. The van der Waals surface area contributed by atoms with E-state index in [1.807, 2.05) is 10.8 Å². The van der Waals surface area contributed by atoms with Gasteiger partial charge in [-0.15, -0.1) is 0 Å². The molecular formula is C26H25N7O2. The number of benzene rings is 2. The molecule has 0 aliphatic carbocycles. The second-order valence-electron chi connectivity index (χ2n) is 8.75. The number of guanidine groups is 1. The average molecular weight is 468 g/mol. The van der Waals surface area contributed by atoms with E-state index in [0.717, 1.165) is 40.7 Å². The number of phenols is 1. The lowest BCUT2D eigenvalue weighted by atomic mass is 10.1. The molecule has 176 valence electrons. The topological polar surface area (TPSA) is 90.9 Å². The highest BCUT2D eigenvalue weighted by atomic mass is 16.3. The van der Waals surface area contributed by atoms with Crippen LogP contribution < -0.4 is 10.2 Å². The number of aromatic nitrogens is 3. The fourth-order valence-electron chi connectivity index (χ4n) is 4.83. The number of anilines is 3. The molecule has 0 spiro atoms. The molecule has 0 unspecified atom stereocenters. The summed E-state index contributed by atoms with van der Waals surface area (Å²) >= 11 is 0. The highest BCUT2D eigenvalue weighted by Crippen LogP contribution is 2.41. The van der Waals surface area contributed by atoms with E-state index in [0.29, 0.717) is 24.6 Å². The molecule has 6 rings (SSSR count). The van der Waals surface area contributed by atoms with Gasteiger partial charge in [-0.1, -0.05) is 12.1 Å². The maximum atomic E-state index is 13.5. The van der Waals surface area contributed by atoms with E-state index in [1.165, 1.54) is 0 Å². The molecule has 0 bridgehead atoms. The maximum absolute atomic E-state index is 13.5. The smallest absolute Gasteiger partial charge is 0.266 e. The van der Waals surface area contributed by atoms with Crippen LogP contribution in [0.4, 0.5) is 17.2 Å². The van der Waals surface area contributed by atoms with E-state index in [9.17, 15) is 9.90 Å². The van der Waals surface area contributed by atoms with Crippen molar-refractivity contribution in [2.75, 3.05) is 30.4 Å². The molecule has 2 aliphatic heterocycles. The first-order chi connectivity index (χ1) is 17.0. The molecule has 0 atom stereocenters. The number of amides is 1. The van der Waals surface area contributed by atoms with Gasteiger partial charge >= 0.3 is 0 Å². The highest BCUT2D eigenvalue weighted by molar-refractivity contribution is 6.22. The summed E-state index contributed by atoms with van der Waals surface area (Å²) < 4.78 is 4.11. The number of aliphatic imine (C=N–C) groups is 1. The van der Waals surface area contributed by atoms with Crippen LogP contribution in [0.1, 0.15) is 21.6 Å². The number of nitrogens with zero attached hydrogens (tertiary/aromatic N) is 6. The zero-order valence-corrected chi connectivity index (χ0v) is 19.5. The van der Waals surface area contributed by atoms with Gasteiger partial charge in [0.25, 0.3) is 5.91 Å². The minimum Gasteiger partial charge on any atom is -0.508 e. The lowest BCUT2D eigenvalue weighted by Gasteiger charge is -2.32. The second kappa shape index (κ2) is 8.05. The zero-order chi connectivity index (χ0) is 24.1. The molecule has 1 amide bonds. The molecule has 4 aromatic rings. The van der Waals surface area contributed by atoms with Crippen molar-refractivity contribution in [1.82, 2.24) is 19.0 Å². The quantitative estimate of drug-likeness (QED) is 0.437. The average Bonchev–Trinajstić information content (AvgIpc) is 3.62. The van der Waals surface area contributed by atoms with Crippen molar-refractivity contribution in [3.05, 3.63) is 84.1 Å². The van der Waals surface area contributed by atoms with Gasteiger partial charge in [0.2, 0.25) is 5.96 Å². The van der Waals surface area contributed by atoms with Crippen molar-refractivity contribution in [3.63, 3.8) is 0 Å². The standard InChI is InChI=1S/C26H25N7O2/c1-17-23-22(25(35)30(2)26-28-12-14-32(23)26)24(29-19-5-9-21(34)10-6-19)33(17)15-18-3-7-20(8-4-18)31-13-11-27-16-31/h3-11,13,16,29,34H,12,14-15H2,1-2H3. The van der Waals surface area contributed by atoms with Crippen molar-refractivity contribution in [3.8, 4) is 11.4 Å². The van der Waals surface area contributed by atoms with Crippen LogP contribution in [0.5, 0.6) is 5.75 Å². The summed E-state index contributed by atoms with van der Waals surface area (Å²) in [6.07, 6.45) is 5.44. The molecule has 2 aromatic heterocycles. The predicted octanol–water partition coefficient (Wildman–Crippen LogP) is 3.74. The van der Waals surface area contributed by atoms with Gasteiger partial charge in [-0.2, -0.15) is 0 Å². The molecule has 0 saturated carbocycles. The third kappa shape index (κ3) is 3.43. The lowest BCUT2D eigenvalue weighted by molar-refractivity contribution is 0.0866. The van der Waals surface area contributed by atoms with Crippen molar-refractivity contribution >= 4 is 29.1 Å². The number of nitrogens with one attached hydrogen (secondary N) is 1. The Morgan fingerprint density at radius 2 is 1.86 bits per heavy atom. The fraction of sp³-hybridized carbons (Fsp3) is 0.192. The molecule has 2 N–H and O–H groups in total. The summed E-state index contributed by atoms with van der Waals surface area (Å²) in [5, 5.41) is 13.2. The minimum absolute atomic E-state index is 0.0875. The Bertz CT molecular complexity index is 1430. The van der Waals surface area contributed by atoms with Crippen LogP contribution >= 0.6 is 0 Å². The minimum atomic E-state index is -0.0875. The SMILES string of the molecule is Cc1c2c(c(Nc3ccc(O)cc3)n1Cc1ccc(-n3ccnc3)cc1)C(=O)N(C)C1=NCCN12. The molecule has 0 fully saturated rings. The van der Waals surface area contributed by atoms with E-state index in [2.05, 4.69) is 55.9 Å². The fourth-order valence-corrected chi connectivity index (χ4v) is 4.83. The van der Waals surface area contributed by atoms with Crippen LogP contribution in [0.2, 0.25) is 0 Å². The molecule has 0 radical (unpaired) electrons. The second-order valence-corrected chi connectivity index (χ2v) is 8.75. The summed E-state index contributed by atoms with van der Waals surface area (Å²) in [5.74, 6) is 1.53. The Labute approximate surface area is 202 Å². The van der Waals surface area contributed by atoms with Crippen molar-refractivity contribution < 1.29 is 9.90 Å². The van der Waals surface area contributed by atoms with E-state index in [1.54, 1.807) is 48.7 Å². The Kier molecular flexibility index (Phi) is 4.84. The van der Waals surface area contributed by atoms with Crippen LogP contribution in [-0.4, -0.2) is 56.1 Å². The Morgan fingerprint density at radius 3 is 2.57 bits per heavy atom. The van der Waals surface area contributed by atoms with Crippen LogP contribution in [0, 0.1) is 6.92 Å². The predicted molar refractivity (Wildman–Crippen MR) is 135 cm³/mol. The first kappa shape index (κ1) is 21.0. The molecule has 9 nitrogen and oxygen atoms in total. The number of phenolic OH excluding ortho intramolecular Hbond substituents is 1. The van der Waals surface area contributed by atoms with E-state index < -0.39 is 0 Å². The summed E-state index contributed by atoms with van der Waals surface area (Å²) in [4.78, 5) is 26.0. The summed E-state index contributed by atoms with van der Waals surface area (Å²) in [6.45, 7) is 4.03. The molecular weight excluding hydrogens is 442 g/mol. The van der Waals surface area contributed by atoms with Gasteiger partial charge in [0.15, 0.2) is 0 Å². The number of rotatable bonds is 5. The van der Waals surface area contributed by atoms with Crippen LogP contribution in [0.3, 0.4) is 0 Å². The van der Waals surface area contributed by atoms with E-state index in [4.69, 9.17) is 0 Å². The number of imidazole rings is 1. The maximum Gasteiger partial charge on any atom is 0.266 e. The van der Waals surface area contributed by atoms with Crippen molar-refractivity contribution in [1.29, 1.82) is 0 Å². The molecule has 2 aromatic carbocycles. The Morgan fingerprint density at radius 1 is 1.09 bits per heavy atom. The van der Waals surface area contributed by atoms with E-state index in [-0.39, 0.29) is 11.7 Å². The number of carbonyl (C=O) groups is 1.